The molecule has 0 aliphatic carbocycles. The zero-order valence-electron chi connectivity index (χ0n) is 7.07. The fourth-order valence-corrected chi connectivity index (χ4v) is 0.563. The molecule has 0 radical (unpaired) electrons. The second kappa shape index (κ2) is 5.54. The standard InChI is InChI=1S/C7H12O5/c1-3-12-7(10)5(8)4-6(9)11-2/h5,8H,3-4H2,1-2H3/t5-/m0/s1. The van der Waals surface area contributed by atoms with E-state index in [1.54, 1.807) is 6.92 Å². The Bertz CT molecular complexity index is 165. The van der Waals surface area contributed by atoms with E-state index in [4.69, 9.17) is 5.11 Å². The molecule has 70 valence electrons. The van der Waals surface area contributed by atoms with Gasteiger partial charge in [-0.1, -0.05) is 0 Å². The van der Waals surface area contributed by atoms with E-state index < -0.39 is 18.0 Å². The molecule has 12 heavy (non-hydrogen) atoms. The van der Waals surface area contributed by atoms with Gasteiger partial charge in [0.25, 0.3) is 0 Å². The van der Waals surface area contributed by atoms with Gasteiger partial charge in [0, 0.05) is 0 Å². The molecule has 0 aromatic rings. The maximum Gasteiger partial charge on any atom is 0.335 e. The van der Waals surface area contributed by atoms with Crippen LogP contribution in [-0.2, 0) is 19.1 Å². The van der Waals surface area contributed by atoms with Gasteiger partial charge in [-0.3, -0.25) is 4.79 Å². The summed E-state index contributed by atoms with van der Waals surface area (Å²) < 4.78 is 8.69. The zero-order chi connectivity index (χ0) is 9.56. The number of hydrogen-bond acceptors (Lipinski definition) is 5. The second-order valence-corrected chi connectivity index (χ2v) is 2.05. The van der Waals surface area contributed by atoms with Crippen molar-refractivity contribution in [2.75, 3.05) is 13.7 Å². The molecule has 1 atom stereocenters. The average Bonchev–Trinajstić information content (AvgIpc) is 2.04. The van der Waals surface area contributed by atoms with Crippen LogP contribution >= 0.6 is 0 Å². The van der Waals surface area contributed by atoms with Crippen LogP contribution in [0.25, 0.3) is 0 Å². The highest BCUT2D eigenvalue weighted by Crippen LogP contribution is 1.96. The Morgan fingerprint density at radius 3 is 2.50 bits per heavy atom. The van der Waals surface area contributed by atoms with Crippen LogP contribution < -0.4 is 0 Å². The summed E-state index contributed by atoms with van der Waals surface area (Å²) in [5.74, 6) is -1.45. The molecule has 0 aliphatic heterocycles. The van der Waals surface area contributed by atoms with Gasteiger partial charge >= 0.3 is 11.9 Å². The van der Waals surface area contributed by atoms with Crippen LogP contribution in [0.5, 0.6) is 0 Å². The van der Waals surface area contributed by atoms with E-state index in [0.717, 1.165) is 0 Å². The summed E-state index contributed by atoms with van der Waals surface area (Å²) >= 11 is 0. The Labute approximate surface area is 70.3 Å². The minimum absolute atomic E-state index is 0.178. The molecule has 0 saturated heterocycles. The molecule has 0 fully saturated rings. The number of carbonyl (C=O) groups is 2. The predicted molar refractivity (Wildman–Crippen MR) is 39.3 cm³/mol. The first-order chi connectivity index (χ1) is 5.61. The van der Waals surface area contributed by atoms with Crippen LogP contribution in [0.3, 0.4) is 0 Å². The van der Waals surface area contributed by atoms with Crippen LogP contribution in [0.4, 0.5) is 0 Å². The lowest BCUT2D eigenvalue weighted by Gasteiger charge is -2.07. The number of esters is 2. The molecular formula is C7H12O5. The van der Waals surface area contributed by atoms with E-state index in [0.29, 0.717) is 0 Å². The van der Waals surface area contributed by atoms with Crippen LogP contribution in [0.2, 0.25) is 0 Å². The topological polar surface area (TPSA) is 72.8 Å². The van der Waals surface area contributed by atoms with Crippen molar-refractivity contribution >= 4 is 11.9 Å². The van der Waals surface area contributed by atoms with Crippen molar-refractivity contribution in [2.24, 2.45) is 0 Å². The van der Waals surface area contributed by atoms with Gasteiger partial charge in [-0.2, -0.15) is 0 Å². The highest BCUT2D eigenvalue weighted by Gasteiger charge is 2.19. The van der Waals surface area contributed by atoms with Crippen molar-refractivity contribution < 1.29 is 24.2 Å². The number of hydrogen-bond donors (Lipinski definition) is 1. The Balaban J connectivity index is 3.78. The third-order valence-corrected chi connectivity index (χ3v) is 1.15. The maximum absolute atomic E-state index is 10.7. The average molecular weight is 176 g/mol. The van der Waals surface area contributed by atoms with Crippen molar-refractivity contribution in [1.82, 2.24) is 0 Å². The maximum atomic E-state index is 10.7. The van der Waals surface area contributed by atoms with Crippen LogP contribution in [-0.4, -0.2) is 36.9 Å². The van der Waals surface area contributed by atoms with Crippen LogP contribution in [0.1, 0.15) is 13.3 Å². The van der Waals surface area contributed by atoms with Crippen molar-refractivity contribution in [1.29, 1.82) is 0 Å². The summed E-state index contributed by atoms with van der Waals surface area (Å²) in [7, 11) is 1.18. The van der Waals surface area contributed by atoms with Gasteiger partial charge in [0.2, 0.25) is 0 Å². The summed E-state index contributed by atoms with van der Waals surface area (Å²) in [4.78, 5) is 21.3. The summed E-state index contributed by atoms with van der Waals surface area (Å²) in [5.41, 5.74) is 0. The molecule has 0 aromatic heterocycles. The predicted octanol–water partition coefficient (Wildman–Crippen LogP) is -0.527. The monoisotopic (exact) mass is 176 g/mol. The molecule has 0 rings (SSSR count). The number of methoxy groups -OCH3 is 1. The number of ether oxygens (including phenoxy) is 2. The van der Waals surface area contributed by atoms with Gasteiger partial charge in [-0.25, -0.2) is 4.79 Å². The fraction of sp³-hybridized carbons (Fsp3) is 0.714. The van der Waals surface area contributed by atoms with Crippen molar-refractivity contribution in [3.63, 3.8) is 0 Å². The molecule has 5 heteroatoms. The largest absolute Gasteiger partial charge is 0.469 e. The normalized spacial score (nSPS) is 11.9. The Hall–Kier alpha value is -1.10. The molecule has 0 spiro atoms. The van der Waals surface area contributed by atoms with Crippen LogP contribution in [0.15, 0.2) is 0 Å². The van der Waals surface area contributed by atoms with Crippen LogP contribution in [0, 0.1) is 0 Å². The lowest BCUT2D eigenvalue weighted by Crippen LogP contribution is -2.26. The number of carbonyl (C=O) groups excluding carboxylic acids is 2. The smallest absolute Gasteiger partial charge is 0.335 e. The molecule has 0 amide bonds. The first-order valence-electron chi connectivity index (χ1n) is 3.53. The van der Waals surface area contributed by atoms with Gasteiger partial charge in [0.15, 0.2) is 6.10 Å². The third kappa shape index (κ3) is 3.92. The quantitative estimate of drug-likeness (QED) is 0.583. The van der Waals surface area contributed by atoms with Gasteiger partial charge < -0.3 is 14.6 Å². The summed E-state index contributed by atoms with van der Waals surface area (Å²) in [6.45, 7) is 1.79. The third-order valence-electron chi connectivity index (χ3n) is 1.15. The van der Waals surface area contributed by atoms with E-state index in [2.05, 4.69) is 9.47 Å². The van der Waals surface area contributed by atoms with Gasteiger partial charge in [-0.05, 0) is 6.92 Å². The first-order valence-corrected chi connectivity index (χ1v) is 3.53. The summed E-state index contributed by atoms with van der Waals surface area (Å²) in [6, 6.07) is 0. The molecule has 1 N–H and O–H groups in total. The van der Waals surface area contributed by atoms with Crippen molar-refractivity contribution in [2.45, 2.75) is 19.4 Å². The van der Waals surface area contributed by atoms with E-state index in [9.17, 15) is 9.59 Å². The number of rotatable bonds is 4. The van der Waals surface area contributed by atoms with E-state index in [-0.39, 0.29) is 13.0 Å². The van der Waals surface area contributed by atoms with Gasteiger partial charge in [0.1, 0.15) is 0 Å². The molecule has 0 aromatic carbocycles. The Morgan fingerprint density at radius 1 is 1.50 bits per heavy atom. The SMILES string of the molecule is CCOC(=O)[C@@H](O)CC(=O)OC. The highest BCUT2D eigenvalue weighted by atomic mass is 16.5. The molecule has 0 saturated carbocycles. The Morgan fingerprint density at radius 2 is 2.08 bits per heavy atom. The lowest BCUT2D eigenvalue weighted by molar-refractivity contribution is -0.158. The van der Waals surface area contributed by atoms with E-state index >= 15 is 0 Å². The number of aliphatic hydroxyl groups excluding tert-OH is 1. The van der Waals surface area contributed by atoms with Crippen molar-refractivity contribution in [3.8, 4) is 0 Å². The molecule has 0 heterocycles. The van der Waals surface area contributed by atoms with E-state index in [1.807, 2.05) is 0 Å². The minimum Gasteiger partial charge on any atom is -0.469 e. The lowest BCUT2D eigenvalue weighted by atomic mass is 10.2. The minimum atomic E-state index is -1.42. The Kier molecular flexibility index (Phi) is 5.03. The first kappa shape index (κ1) is 10.9. The molecular weight excluding hydrogens is 164 g/mol. The molecule has 0 unspecified atom stereocenters. The summed E-state index contributed by atoms with van der Waals surface area (Å²) in [5, 5.41) is 8.97. The van der Waals surface area contributed by atoms with Crippen molar-refractivity contribution in [3.05, 3.63) is 0 Å². The molecule has 0 aliphatic rings. The summed E-state index contributed by atoms with van der Waals surface area (Å²) in [6.07, 6.45) is -1.78. The second-order valence-electron chi connectivity index (χ2n) is 2.05. The molecule has 5 nitrogen and oxygen atoms in total. The van der Waals surface area contributed by atoms with Gasteiger partial charge in [-0.15, -0.1) is 0 Å². The zero-order valence-corrected chi connectivity index (χ0v) is 7.07. The number of aliphatic hydroxyl groups is 1. The highest BCUT2D eigenvalue weighted by molar-refractivity contribution is 5.81. The van der Waals surface area contributed by atoms with E-state index in [1.165, 1.54) is 7.11 Å². The molecule has 0 bridgehead atoms. The van der Waals surface area contributed by atoms with Gasteiger partial charge in [0.05, 0.1) is 20.1 Å². The fourth-order valence-electron chi connectivity index (χ4n) is 0.563.